The van der Waals surface area contributed by atoms with E-state index in [1.165, 1.54) is 0 Å². The van der Waals surface area contributed by atoms with Crippen LogP contribution < -0.4 is 5.32 Å². The second-order valence-corrected chi connectivity index (χ2v) is 5.77. The van der Waals surface area contributed by atoms with Crippen molar-refractivity contribution in [3.63, 3.8) is 0 Å². The largest absolute Gasteiger partial charge is 0.456 e. The summed E-state index contributed by atoms with van der Waals surface area (Å²) in [5, 5.41) is 9.73. The van der Waals surface area contributed by atoms with E-state index in [0.717, 1.165) is 37.0 Å². The molecule has 1 amide bonds. The average molecular weight is 323 g/mol. The molecule has 1 aliphatic rings. The van der Waals surface area contributed by atoms with Crippen molar-refractivity contribution in [2.45, 2.75) is 32.2 Å². The number of carbonyl (C=O) groups is 1. The minimum absolute atomic E-state index is 0.236. The molecule has 3 heterocycles. The Bertz CT molecular complexity index is 830. The zero-order valence-electron chi connectivity index (χ0n) is 13.1. The van der Waals surface area contributed by atoms with Gasteiger partial charge in [0.1, 0.15) is 17.3 Å². The van der Waals surface area contributed by atoms with E-state index in [9.17, 15) is 4.79 Å². The van der Waals surface area contributed by atoms with Gasteiger partial charge in [0.05, 0.1) is 6.54 Å². The fraction of sp³-hybridized carbons (Fsp3) is 0.294. The van der Waals surface area contributed by atoms with E-state index in [1.807, 2.05) is 24.3 Å². The van der Waals surface area contributed by atoms with Gasteiger partial charge in [-0.3, -0.25) is 14.9 Å². The van der Waals surface area contributed by atoms with Crippen molar-refractivity contribution in [2.75, 3.05) is 0 Å². The molecule has 0 radical (unpaired) electrons. The molecule has 0 unspecified atom stereocenters. The number of nitrogens with one attached hydrogen (secondary N) is 2. The topological polar surface area (TPSA) is 96.7 Å². The standard InChI is InChI=1S/C17H17N5O2/c23-17(14-9-11-5-1-2-7-13(11)24-14)19-10-15-20-16(22-21-15)12-6-3-4-8-18-12/h3-4,6,8-9H,1-2,5,7,10H2,(H,19,23)(H,20,21,22). The van der Waals surface area contributed by atoms with Crippen LogP contribution in [0.4, 0.5) is 0 Å². The van der Waals surface area contributed by atoms with Crippen LogP contribution >= 0.6 is 0 Å². The first-order chi connectivity index (χ1) is 11.8. The van der Waals surface area contributed by atoms with Gasteiger partial charge >= 0.3 is 0 Å². The van der Waals surface area contributed by atoms with Gasteiger partial charge in [-0.15, -0.1) is 0 Å². The van der Waals surface area contributed by atoms with Crippen molar-refractivity contribution in [3.05, 3.63) is 53.4 Å². The molecule has 0 atom stereocenters. The van der Waals surface area contributed by atoms with E-state index in [-0.39, 0.29) is 12.5 Å². The number of aromatic amines is 1. The van der Waals surface area contributed by atoms with Gasteiger partial charge in [-0.05, 0) is 43.0 Å². The summed E-state index contributed by atoms with van der Waals surface area (Å²) in [6.45, 7) is 0.254. The number of hydrogen-bond acceptors (Lipinski definition) is 5. The predicted octanol–water partition coefficient (Wildman–Crippen LogP) is 2.27. The lowest BCUT2D eigenvalue weighted by molar-refractivity contribution is 0.0920. The zero-order chi connectivity index (χ0) is 16.4. The summed E-state index contributed by atoms with van der Waals surface area (Å²) in [4.78, 5) is 20.8. The molecule has 7 heteroatoms. The number of aromatic nitrogens is 4. The van der Waals surface area contributed by atoms with E-state index in [1.54, 1.807) is 6.20 Å². The van der Waals surface area contributed by atoms with Gasteiger partial charge in [0.2, 0.25) is 0 Å². The summed E-state index contributed by atoms with van der Waals surface area (Å²) in [6, 6.07) is 7.39. The minimum Gasteiger partial charge on any atom is -0.456 e. The number of H-pyrrole nitrogens is 1. The third-order valence-corrected chi connectivity index (χ3v) is 4.06. The third kappa shape index (κ3) is 2.92. The molecular formula is C17H17N5O2. The minimum atomic E-state index is -0.236. The van der Waals surface area contributed by atoms with E-state index in [4.69, 9.17) is 4.42 Å². The van der Waals surface area contributed by atoms with Gasteiger partial charge in [-0.1, -0.05) is 6.07 Å². The molecule has 0 saturated heterocycles. The second kappa shape index (κ2) is 6.27. The maximum absolute atomic E-state index is 12.2. The number of rotatable bonds is 4. The molecule has 24 heavy (non-hydrogen) atoms. The van der Waals surface area contributed by atoms with Gasteiger partial charge in [0, 0.05) is 12.6 Å². The molecule has 4 rings (SSSR count). The Morgan fingerprint density at radius 1 is 1.29 bits per heavy atom. The Morgan fingerprint density at radius 3 is 3.04 bits per heavy atom. The van der Waals surface area contributed by atoms with Crippen LogP contribution in [-0.4, -0.2) is 26.1 Å². The molecule has 0 spiro atoms. The van der Waals surface area contributed by atoms with Crippen LogP contribution in [0, 0.1) is 0 Å². The SMILES string of the molecule is O=C(NCc1nc(-c2ccccn2)n[nH]1)c1cc2c(o1)CCCC2. The van der Waals surface area contributed by atoms with Crippen LogP contribution in [0.15, 0.2) is 34.9 Å². The second-order valence-electron chi connectivity index (χ2n) is 5.77. The number of fused-ring (bicyclic) bond motifs is 1. The molecule has 0 fully saturated rings. The summed E-state index contributed by atoms with van der Waals surface area (Å²) in [6.07, 6.45) is 5.86. The van der Waals surface area contributed by atoms with Crippen molar-refractivity contribution in [2.24, 2.45) is 0 Å². The van der Waals surface area contributed by atoms with Crippen LogP contribution in [0.5, 0.6) is 0 Å². The number of furan rings is 1. The highest BCUT2D eigenvalue weighted by Crippen LogP contribution is 2.24. The Kier molecular flexibility index (Phi) is 3.82. The van der Waals surface area contributed by atoms with Crippen LogP contribution in [-0.2, 0) is 19.4 Å². The number of nitrogens with zero attached hydrogens (tertiary/aromatic N) is 3. The first kappa shape index (κ1) is 14.6. The van der Waals surface area contributed by atoms with E-state index < -0.39 is 0 Å². The first-order valence-corrected chi connectivity index (χ1v) is 8.02. The lowest BCUT2D eigenvalue weighted by atomic mass is 9.99. The molecule has 0 saturated carbocycles. The Labute approximate surface area is 138 Å². The molecule has 7 nitrogen and oxygen atoms in total. The molecule has 0 aromatic carbocycles. The quantitative estimate of drug-likeness (QED) is 0.767. The fourth-order valence-corrected chi connectivity index (χ4v) is 2.84. The lowest BCUT2D eigenvalue weighted by Crippen LogP contribution is -2.22. The third-order valence-electron chi connectivity index (χ3n) is 4.06. The van der Waals surface area contributed by atoms with Crippen molar-refractivity contribution in [3.8, 4) is 11.5 Å². The van der Waals surface area contributed by atoms with Crippen molar-refractivity contribution < 1.29 is 9.21 Å². The van der Waals surface area contributed by atoms with Crippen molar-refractivity contribution in [1.29, 1.82) is 0 Å². The predicted molar refractivity (Wildman–Crippen MR) is 86.1 cm³/mol. The number of carbonyl (C=O) groups excluding carboxylic acids is 1. The highest BCUT2D eigenvalue weighted by molar-refractivity contribution is 5.91. The van der Waals surface area contributed by atoms with Gasteiger partial charge < -0.3 is 9.73 Å². The average Bonchev–Trinajstić information content (AvgIpc) is 3.27. The molecule has 0 aliphatic heterocycles. The van der Waals surface area contributed by atoms with Crippen molar-refractivity contribution >= 4 is 5.91 Å². The van der Waals surface area contributed by atoms with E-state index >= 15 is 0 Å². The summed E-state index contributed by atoms with van der Waals surface area (Å²) in [7, 11) is 0. The summed E-state index contributed by atoms with van der Waals surface area (Å²) in [5.74, 6) is 2.16. The summed E-state index contributed by atoms with van der Waals surface area (Å²) >= 11 is 0. The number of hydrogen-bond donors (Lipinski definition) is 2. The normalized spacial score (nSPS) is 13.5. The van der Waals surface area contributed by atoms with E-state index in [2.05, 4.69) is 25.5 Å². The van der Waals surface area contributed by atoms with Crippen molar-refractivity contribution in [1.82, 2.24) is 25.5 Å². The zero-order valence-corrected chi connectivity index (χ0v) is 13.1. The van der Waals surface area contributed by atoms with Crippen LogP contribution in [0.3, 0.4) is 0 Å². The molecule has 122 valence electrons. The van der Waals surface area contributed by atoms with Gasteiger partial charge in [0.15, 0.2) is 11.6 Å². The maximum Gasteiger partial charge on any atom is 0.287 e. The van der Waals surface area contributed by atoms with Crippen LogP contribution in [0.1, 0.15) is 40.5 Å². The highest BCUT2D eigenvalue weighted by atomic mass is 16.4. The highest BCUT2D eigenvalue weighted by Gasteiger charge is 2.19. The first-order valence-electron chi connectivity index (χ1n) is 8.02. The molecular weight excluding hydrogens is 306 g/mol. The summed E-state index contributed by atoms with van der Waals surface area (Å²) < 4.78 is 5.66. The Hall–Kier alpha value is -2.96. The summed E-state index contributed by atoms with van der Waals surface area (Å²) in [5.41, 5.74) is 1.84. The van der Waals surface area contributed by atoms with Crippen LogP contribution in [0.25, 0.3) is 11.5 Å². The monoisotopic (exact) mass is 323 g/mol. The van der Waals surface area contributed by atoms with E-state index in [0.29, 0.717) is 23.1 Å². The molecule has 3 aromatic rings. The van der Waals surface area contributed by atoms with Gasteiger partial charge in [0.25, 0.3) is 5.91 Å². The van der Waals surface area contributed by atoms with Gasteiger partial charge in [-0.2, -0.15) is 5.10 Å². The number of aryl methyl sites for hydroxylation is 2. The maximum atomic E-state index is 12.2. The smallest absolute Gasteiger partial charge is 0.287 e. The molecule has 3 aromatic heterocycles. The fourth-order valence-electron chi connectivity index (χ4n) is 2.84. The Morgan fingerprint density at radius 2 is 2.21 bits per heavy atom. The Balaban J connectivity index is 1.41. The van der Waals surface area contributed by atoms with Crippen LogP contribution in [0.2, 0.25) is 0 Å². The number of amides is 1. The van der Waals surface area contributed by atoms with Gasteiger partial charge in [-0.25, -0.2) is 4.98 Å². The molecule has 2 N–H and O–H groups in total. The molecule has 0 bridgehead atoms. The molecule has 1 aliphatic carbocycles. The number of pyridine rings is 1. The lowest BCUT2D eigenvalue weighted by Gasteiger charge is -2.07.